The van der Waals surface area contributed by atoms with Crippen LogP contribution in [0.25, 0.3) is 10.9 Å². The lowest BCUT2D eigenvalue weighted by atomic mass is 9.97. The van der Waals surface area contributed by atoms with Gasteiger partial charge in [-0.25, -0.2) is 0 Å². The molecular weight excluding hydrogens is 318 g/mol. The number of H-pyrrole nitrogens is 1. The van der Waals surface area contributed by atoms with Crippen LogP contribution < -0.4 is 15.4 Å². The van der Waals surface area contributed by atoms with E-state index in [1.54, 1.807) is 26.3 Å². The number of hydrogen-bond acceptors (Lipinski definition) is 3. The molecule has 1 heterocycles. The number of aromatic nitrogens is 1. The maximum absolute atomic E-state index is 12.2. The number of fused-ring (bicyclic) bond motifs is 1. The van der Waals surface area contributed by atoms with Crippen LogP contribution in [0.1, 0.15) is 35.8 Å². The van der Waals surface area contributed by atoms with Crippen LogP contribution in [-0.4, -0.2) is 37.5 Å². The second-order valence-corrected chi connectivity index (χ2v) is 5.77. The van der Waals surface area contributed by atoms with Crippen molar-refractivity contribution in [2.45, 2.75) is 19.8 Å². The first-order chi connectivity index (χ1) is 10.9. The summed E-state index contributed by atoms with van der Waals surface area (Å²) >= 11 is 6.16. The molecule has 0 aliphatic carbocycles. The van der Waals surface area contributed by atoms with Crippen molar-refractivity contribution in [3.05, 3.63) is 28.4 Å². The van der Waals surface area contributed by atoms with Crippen LogP contribution >= 0.6 is 11.6 Å². The first-order valence-electron chi connectivity index (χ1n) is 7.24. The van der Waals surface area contributed by atoms with Crippen molar-refractivity contribution in [3.63, 3.8) is 0 Å². The molecule has 0 bridgehead atoms. The number of ether oxygens (including phenoxy) is 1. The Kier molecular flexibility index (Phi) is 5.15. The highest BCUT2D eigenvalue weighted by Gasteiger charge is 2.23. The Morgan fingerprint density at radius 3 is 2.65 bits per heavy atom. The van der Waals surface area contributed by atoms with Crippen molar-refractivity contribution in [1.29, 1.82) is 0 Å². The highest BCUT2D eigenvalue weighted by Crippen LogP contribution is 2.35. The fraction of sp³-hybridized carbons (Fsp3) is 0.375. The van der Waals surface area contributed by atoms with E-state index in [9.17, 15) is 9.59 Å². The Morgan fingerprint density at radius 2 is 2.09 bits per heavy atom. The first-order valence-corrected chi connectivity index (χ1v) is 7.62. The second-order valence-electron chi connectivity index (χ2n) is 5.36. The molecule has 0 saturated carbocycles. The second kappa shape index (κ2) is 6.91. The van der Waals surface area contributed by atoms with E-state index < -0.39 is 0 Å². The lowest BCUT2D eigenvalue weighted by molar-refractivity contribution is -0.119. The fourth-order valence-electron chi connectivity index (χ4n) is 2.59. The van der Waals surface area contributed by atoms with Crippen molar-refractivity contribution in [1.82, 2.24) is 15.6 Å². The van der Waals surface area contributed by atoms with E-state index in [4.69, 9.17) is 16.3 Å². The van der Waals surface area contributed by atoms with E-state index in [1.807, 2.05) is 6.92 Å². The van der Waals surface area contributed by atoms with Gasteiger partial charge in [0.05, 0.1) is 12.1 Å². The zero-order valence-electron chi connectivity index (χ0n) is 13.5. The smallest absolute Gasteiger partial charge is 0.267 e. The number of rotatable bonds is 5. The van der Waals surface area contributed by atoms with Crippen LogP contribution in [0.2, 0.25) is 5.02 Å². The van der Waals surface area contributed by atoms with Crippen molar-refractivity contribution >= 4 is 34.3 Å². The molecule has 3 N–H and O–H groups in total. The number of carbonyl (C=O) groups is 2. The number of aromatic amines is 1. The molecule has 2 amide bonds. The summed E-state index contributed by atoms with van der Waals surface area (Å²) in [5, 5.41) is 6.72. The van der Waals surface area contributed by atoms with Crippen LogP contribution in [0.3, 0.4) is 0 Å². The molecule has 124 valence electrons. The van der Waals surface area contributed by atoms with E-state index in [-0.39, 0.29) is 17.7 Å². The predicted molar refractivity (Wildman–Crippen MR) is 90.3 cm³/mol. The quantitative estimate of drug-likeness (QED) is 0.783. The molecule has 0 aliphatic heterocycles. The number of carbonyl (C=O) groups excluding carboxylic acids is 2. The number of hydrogen-bond donors (Lipinski definition) is 3. The minimum Gasteiger partial charge on any atom is -0.495 e. The van der Waals surface area contributed by atoms with Crippen LogP contribution in [0.5, 0.6) is 5.75 Å². The highest BCUT2D eigenvalue weighted by molar-refractivity contribution is 6.33. The fourth-order valence-corrected chi connectivity index (χ4v) is 2.83. The van der Waals surface area contributed by atoms with E-state index in [0.29, 0.717) is 23.0 Å². The Labute approximate surface area is 139 Å². The van der Waals surface area contributed by atoms with E-state index in [1.165, 1.54) is 6.92 Å². The van der Waals surface area contributed by atoms with Gasteiger partial charge in [0, 0.05) is 37.3 Å². The predicted octanol–water partition coefficient (Wildman–Crippen LogP) is 2.43. The monoisotopic (exact) mass is 337 g/mol. The van der Waals surface area contributed by atoms with Gasteiger partial charge in [-0.05, 0) is 17.7 Å². The third-order valence-corrected chi connectivity index (χ3v) is 4.01. The zero-order chi connectivity index (χ0) is 17.1. The van der Waals surface area contributed by atoms with E-state index in [2.05, 4.69) is 15.6 Å². The van der Waals surface area contributed by atoms with Crippen LogP contribution in [-0.2, 0) is 4.79 Å². The molecule has 1 atom stereocenters. The SMILES string of the molecule is CNC(=O)c1[nH]c2cc(Cl)c(OC)cc2c1[C@H](C)CNC(C)=O. The summed E-state index contributed by atoms with van der Waals surface area (Å²) in [6.07, 6.45) is 0. The largest absolute Gasteiger partial charge is 0.495 e. The number of benzene rings is 1. The maximum Gasteiger partial charge on any atom is 0.267 e. The topological polar surface area (TPSA) is 83.2 Å². The number of methoxy groups -OCH3 is 1. The molecule has 0 fully saturated rings. The van der Waals surface area contributed by atoms with Crippen LogP contribution in [0.4, 0.5) is 0 Å². The number of nitrogens with one attached hydrogen (secondary N) is 3. The number of halogens is 1. The lowest BCUT2D eigenvalue weighted by Gasteiger charge is -2.14. The van der Waals surface area contributed by atoms with Gasteiger partial charge in [0.1, 0.15) is 11.4 Å². The Bertz CT molecular complexity index is 755. The molecule has 0 saturated heterocycles. The normalized spacial score (nSPS) is 12.0. The molecular formula is C16H20ClN3O3. The van der Waals surface area contributed by atoms with Gasteiger partial charge in [0.2, 0.25) is 5.91 Å². The van der Waals surface area contributed by atoms with Gasteiger partial charge in [-0.3, -0.25) is 9.59 Å². The summed E-state index contributed by atoms with van der Waals surface area (Å²) in [4.78, 5) is 26.5. The summed E-state index contributed by atoms with van der Waals surface area (Å²) in [6, 6.07) is 3.54. The van der Waals surface area contributed by atoms with Crippen molar-refractivity contribution in [2.75, 3.05) is 20.7 Å². The summed E-state index contributed by atoms with van der Waals surface area (Å²) in [5.41, 5.74) is 2.03. The molecule has 0 unspecified atom stereocenters. The lowest BCUT2D eigenvalue weighted by Crippen LogP contribution is -2.26. The summed E-state index contributed by atoms with van der Waals surface area (Å²) in [5.74, 6) is 0.139. The van der Waals surface area contributed by atoms with E-state index >= 15 is 0 Å². The molecule has 0 spiro atoms. The zero-order valence-corrected chi connectivity index (χ0v) is 14.3. The third kappa shape index (κ3) is 3.42. The number of amides is 2. The molecule has 1 aromatic carbocycles. The molecule has 6 nitrogen and oxygen atoms in total. The van der Waals surface area contributed by atoms with Gasteiger partial charge in [0.25, 0.3) is 5.91 Å². The van der Waals surface area contributed by atoms with Crippen molar-refractivity contribution < 1.29 is 14.3 Å². The molecule has 7 heteroatoms. The van der Waals surface area contributed by atoms with Gasteiger partial charge in [-0.1, -0.05) is 18.5 Å². The summed E-state index contributed by atoms with van der Waals surface area (Å²) in [7, 11) is 3.11. The Morgan fingerprint density at radius 1 is 1.39 bits per heavy atom. The van der Waals surface area contributed by atoms with Crippen molar-refractivity contribution in [2.24, 2.45) is 0 Å². The van der Waals surface area contributed by atoms with Gasteiger partial charge in [-0.15, -0.1) is 0 Å². The van der Waals surface area contributed by atoms with Crippen molar-refractivity contribution in [3.8, 4) is 5.75 Å². The average Bonchev–Trinajstić information content (AvgIpc) is 2.88. The molecule has 23 heavy (non-hydrogen) atoms. The maximum atomic E-state index is 12.2. The standard InChI is InChI=1S/C16H20ClN3O3/c1-8(7-19-9(2)21)14-10-5-13(23-4)11(17)6-12(10)20-15(14)16(22)18-3/h5-6,8,20H,7H2,1-4H3,(H,18,22)(H,19,21)/t8-/m1/s1. The van der Waals surface area contributed by atoms with Crippen LogP contribution in [0.15, 0.2) is 12.1 Å². The average molecular weight is 338 g/mol. The molecule has 0 aliphatic rings. The Hall–Kier alpha value is -2.21. The highest BCUT2D eigenvalue weighted by atomic mass is 35.5. The third-order valence-electron chi connectivity index (χ3n) is 3.72. The van der Waals surface area contributed by atoms with Gasteiger partial charge in [0.15, 0.2) is 0 Å². The first kappa shape index (κ1) is 17.1. The van der Waals surface area contributed by atoms with Gasteiger partial charge >= 0.3 is 0 Å². The summed E-state index contributed by atoms with van der Waals surface area (Å²) < 4.78 is 5.27. The van der Waals surface area contributed by atoms with Crippen LogP contribution in [0, 0.1) is 0 Å². The van der Waals surface area contributed by atoms with Gasteiger partial charge in [-0.2, -0.15) is 0 Å². The minimum absolute atomic E-state index is 0.0640. The molecule has 2 aromatic rings. The Balaban J connectivity index is 2.61. The molecule has 0 radical (unpaired) electrons. The summed E-state index contributed by atoms with van der Waals surface area (Å²) in [6.45, 7) is 3.84. The molecule has 1 aromatic heterocycles. The van der Waals surface area contributed by atoms with Gasteiger partial charge < -0.3 is 20.4 Å². The van der Waals surface area contributed by atoms with E-state index in [0.717, 1.165) is 16.5 Å². The minimum atomic E-state index is -0.221. The molecule has 2 rings (SSSR count).